The van der Waals surface area contributed by atoms with Crippen molar-refractivity contribution in [2.75, 3.05) is 27.3 Å². The number of hydrogen-bond donors (Lipinski definition) is 1. The van der Waals surface area contributed by atoms with E-state index < -0.39 is 0 Å². The molecule has 1 fully saturated rings. The lowest BCUT2D eigenvalue weighted by molar-refractivity contribution is 0.351. The summed E-state index contributed by atoms with van der Waals surface area (Å²) in [6.07, 6.45) is 2.36. The lowest BCUT2D eigenvalue weighted by Crippen LogP contribution is -2.26. The monoisotopic (exact) mass is 299 g/mol. The second kappa shape index (κ2) is 5.74. The van der Waals surface area contributed by atoms with Crippen LogP contribution in [0, 0.1) is 0 Å². The molecule has 0 atom stereocenters. The van der Waals surface area contributed by atoms with Crippen LogP contribution in [0.1, 0.15) is 24.3 Å². The van der Waals surface area contributed by atoms with Crippen molar-refractivity contribution in [1.29, 1.82) is 0 Å². The molecule has 4 heteroatoms. The largest absolute Gasteiger partial charge is 0.493 e. The van der Waals surface area contributed by atoms with Crippen LogP contribution < -0.4 is 14.8 Å². The lowest BCUT2D eigenvalue weighted by atomic mass is 9.90. The van der Waals surface area contributed by atoms with E-state index in [0.29, 0.717) is 5.92 Å². The summed E-state index contributed by atoms with van der Waals surface area (Å²) in [6.45, 7) is 2.19. The Kier molecular flexibility index (Phi) is 4.29. The van der Waals surface area contributed by atoms with Crippen LogP contribution in [0.2, 0.25) is 0 Å². The highest BCUT2D eigenvalue weighted by molar-refractivity contribution is 9.10. The predicted molar refractivity (Wildman–Crippen MR) is 72.1 cm³/mol. The summed E-state index contributed by atoms with van der Waals surface area (Å²) in [5.41, 5.74) is 1.33. The number of hydrogen-bond acceptors (Lipinski definition) is 3. The maximum Gasteiger partial charge on any atom is 0.174 e. The van der Waals surface area contributed by atoms with E-state index >= 15 is 0 Å². The molecular weight excluding hydrogens is 282 g/mol. The first-order valence-electron chi connectivity index (χ1n) is 5.88. The molecular formula is C13H18BrNO2. The van der Waals surface area contributed by atoms with Crippen LogP contribution in [0.25, 0.3) is 0 Å². The third-order valence-corrected chi connectivity index (χ3v) is 3.86. The fraction of sp³-hybridized carbons (Fsp3) is 0.538. The van der Waals surface area contributed by atoms with Gasteiger partial charge in [0.15, 0.2) is 11.5 Å². The van der Waals surface area contributed by atoms with Gasteiger partial charge in [0.1, 0.15) is 0 Å². The minimum atomic E-state index is 0.618. The molecule has 1 aromatic rings. The Balaban J connectivity index is 2.31. The molecule has 0 unspecified atom stereocenters. The SMILES string of the molecule is COc1cc(C2CCNCC2)cc(Br)c1OC. The Morgan fingerprint density at radius 2 is 1.88 bits per heavy atom. The highest BCUT2D eigenvalue weighted by Gasteiger charge is 2.19. The van der Waals surface area contributed by atoms with Gasteiger partial charge in [0.2, 0.25) is 0 Å². The van der Waals surface area contributed by atoms with Gasteiger partial charge in [0.25, 0.3) is 0 Å². The highest BCUT2D eigenvalue weighted by Crippen LogP contribution is 2.39. The molecule has 1 aromatic carbocycles. The first kappa shape index (κ1) is 12.7. The second-order valence-electron chi connectivity index (χ2n) is 4.26. The molecule has 17 heavy (non-hydrogen) atoms. The van der Waals surface area contributed by atoms with Crippen molar-refractivity contribution in [2.45, 2.75) is 18.8 Å². The maximum absolute atomic E-state index is 5.38. The van der Waals surface area contributed by atoms with Crippen molar-refractivity contribution in [3.63, 3.8) is 0 Å². The smallest absolute Gasteiger partial charge is 0.174 e. The Bertz CT molecular complexity index is 389. The Hall–Kier alpha value is -0.740. The van der Waals surface area contributed by atoms with Gasteiger partial charge in [0.05, 0.1) is 18.7 Å². The highest BCUT2D eigenvalue weighted by atomic mass is 79.9. The summed E-state index contributed by atoms with van der Waals surface area (Å²) in [4.78, 5) is 0. The molecule has 94 valence electrons. The van der Waals surface area contributed by atoms with Gasteiger partial charge in [-0.1, -0.05) is 0 Å². The molecule has 0 aromatic heterocycles. The summed E-state index contributed by atoms with van der Waals surface area (Å²) in [5, 5.41) is 3.38. The zero-order chi connectivity index (χ0) is 12.3. The Morgan fingerprint density at radius 3 is 2.47 bits per heavy atom. The Morgan fingerprint density at radius 1 is 1.18 bits per heavy atom. The van der Waals surface area contributed by atoms with Crippen LogP contribution in [-0.2, 0) is 0 Å². The van der Waals surface area contributed by atoms with Crippen molar-refractivity contribution in [3.8, 4) is 11.5 Å². The van der Waals surface area contributed by atoms with E-state index in [2.05, 4.69) is 33.4 Å². The van der Waals surface area contributed by atoms with Crippen molar-refractivity contribution >= 4 is 15.9 Å². The van der Waals surface area contributed by atoms with E-state index in [4.69, 9.17) is 9.47 Å². The molecule has 0 spiro atoms. The number of rotatable bonds is 3. The van der Waals surface area contributed by atoms with E-state index in [9.17, 15) is 0 Å². The zero-order valence-corrected chi connectivity index (χ0v) is 11.8. The molecule has 0 radical (unpaired) electrons. The fourth-order valence-electron chi connectivity index (χ4n) is 2.33. The predicted octanol–water partition coefficient (Wildman–Crippen LogP) is 2.93. The van der Waals surface area contributed by atoms with E-state index in [1.165, 1.54) is 18.4 Å². The Labute approximate surface area is 111 Å². The molecule has 1 aliphatic heterocycles. The minimum Gasteiger partial charge on any atom is -0.493 e. The number of nitrogens with one attached hydrogen (secondary N) is 1. The van der Waals surface area contributed by atoms with Crippen LogP contribution in [0.3, 0.4) is 0 Å². The van der Waals surface area contributed by atoms with Gasteiger partial charge in [-0.15, -0.1) is 0 Å². The van der Waals surface area contributed by atoms with Crippen LogP contribution in [0.15, 0.2) is 16.6 Å². The average molecular weight is 300 g/mol. The standard InChI is InChI=1S/C13H18BrNO2/c1-16-12-8-10(7-11(14)13(12)17-2)9-3-5-15-6-4-9/h7-9,15H,3-6H2,1-2H3. The molecule has 3 nitrogen and oxygen atoms in total. The van der Waals surface area contributed by atoms with Gasteiger partial charge in [-0.3, -0.25) is 0 Å². The van der Waals surface area contributed by atoms with Gasteiger partial charge in [-0.25, -0.2) is 0 Å². The van der Waals surface area contributed by atoms with E-state index in [1.54, 1.807) is 14.2 Å². The van der Waals surface area contributed by atoms with Gasteiger partial charge >= 0.3 is 0 Å². The topological polar surface area (TPSA) is 30.5 Å². The third kappa shape index (κ3) is 2.75. The third-order valence-electron chi connectivity index (χ3n) is 3.27. The van der Waals surface area contributed by atoms with Gasteiger partial charge in [-0.2, -0.15) is 0 Å². The van der Waals surface area contributed by atoms with Crippen LogP contribution >= 0.6 is 15.9 Å². The van der Waals surface area contributed by atoms with Crippen LogP contribution in [0.5, 0.6) is 11.5 Å². The summed E-state index contributed by atoms with van der Waals surface area (Å²) < 4.78 is 11.7. The lowest BCUT2D eigenvalue weighted by Gasteiger charge is -2.24. The number of piperidine rings is 1. The zero-order valence-electron chi connectivity index (χ0n) is 10.3. The summed E-state index contributed by atoms with van der Waals surface area (Å²) in [7, 11) is 3.34. The molecule has 1 N–H and O–H groups in total. The minimum absolute atomic E-state index is 0.618. The van der Waals surface area contributed by atoms with Crippen molar-refractivity contribution < 1.29 is 9.47 Å². The molecule has 1 saturated heterocycles. The summed E-state index contributed by atoms with van der Waals surface area (Å²) >= 11 is 3.54. The van der Waals surface area contributed by atoms with E-state index in [0.717, 1.165) is 29.1 Å². The molecule has 1 heterocycles. The number of methoxy groups -OCH3 is 2. The number of benzene rings is 1. The van der Waals surface area contributed by atoms with Crippen LogP contribution in [0.4, 0.5) is 0 Å². The van der Waals surface area contributed by atoms with Gasteiger partial charge in [-0.05, 0) is 65.5 Å². The quantitative estimate of drug-likeness (QED) is 0.931. The molecule has 1 aliphatic rings. The number of ether oxygens (including phenoxy) is 2. The van der Waals surface area contributed by atoms with Gasteiger partial charge < -0.3 is 14.8 Å². The molecule has 0 saturated carbocycles. The van der Waals surface area contributed by atoms with Crippen molar-refractivity contribution in [3.05, 3.63) is 22.2 Å². The summed E-state index contributed by atoms with van der Waals surface area (Å²) in [6, 6.07) is 4.25. The first-order valence-corrected chi connectivity index (χ1v) is 6.67. The summed E-state index contributed by atoms with van der Waals surface area (Å²) in [5.74, 6) is 2.19. The van der Waals surface area contributed by atoms with Crippen molar-refractivity contribution in [2.24, 2.45) is 0 Å². The fourth-order valence-corrected chi connectivity index (χ4v) is 2.95. The normalized spacial score (nSPS) is 16.9. The molecule has 0 aliphatic carbocycles. The number of halogens is 1. The average Bonchev–Trinajstić information content (AvgIpc) is 2.38. The maximum atomic E-state index is 5.38. The molecule has 2 rings (SSSR count). The van der Waals surface area contributed by atoms with E-state index in [1.807, 2.05) is 0 Å². The second-order valence-corrected chi connectivity index (χ2v) is 5.12. The van der Waals surface area contributed by atoms with Crippen LogP contribution in [-0.4, -0.2) is 27.3 Å². The van der Waals surface area contributed by atoms with E-state index in [-0.39, 0.29) is 0 Å². The first-order chi connectivity index (χ1) is 8.26. The molecule has 0 bridgehead atoms. The van der Waals surface area contributed by atoms with Crippen molar-refractivity contribution in [1.82, 2.24) is 5.32 Å². The van der Waals surface area contributed by atoms with Gasteiger partial charge in [0, 0.05) is 0 Å². The molecule has 0 amide bonds.